The van der Waals surface area contributed by atoms with Gasteiger partial charge in [-0.1, -0.05) is 96.6 Å². The fraction of sp³-hybridized carbons (Fsp3) is 0.0625. The van der Waals surface area contributed by atoms with Crippen LogP contribution in [0.25, 0.3) is 38.4 Å². The summed E-state index contributed by atoms with van der Waals surface area (Å²) in [5, 5.41) is 4.26. The molecule has 0 fully saturated rings. The molecule has 0 saturated heterocycles. The van der Waals surface area contributed by atoms with Crippen LogP contribution in [0.15, 0.2) is 106 Å². The van der Waals surface area contributed by atoms with E-state index >= 15 is 0 Å². The number of benzene rings is 5. The Balaban J connectivity index is 1.39. The van der Waals surface area contributed by atoms with Gasteiger partial charge in [-0.25, -0.2) is 0 Å². The molecule has 6 rings (SSSR count). The van der Waals surface area contributed by atoms with Crippen molar-refractivity contribution in [1.82, 2.24) is 0 Å². The van der Waals surface area contributed by atoms with Crippen molar-refractivity contribution in [1.29, 1.82) is 0 Å². The molecule has 4 heteroatoms. The van der Waals surface area contributed by atoms with Gasteiger partial charge in [0.15, 0.2) is 22.4 Å². The smallest absolute Gasteiger partial charge is 0.197 e. The zero-order chi connectivity index (χ0) is 25.0. The zero-order valence-electron chi connectivity index (χ0n) is 19.4. The van der Waals surface area contributed by atoms with Gasteiger partial charge in [-0.3, -0.25) is 19.2 Å². The van der Waals surface area contributed by atoms with Crippen LogP contribution < -0.4 is 16.1 Å². The van der Waals surface area contributed by atoms with Crippen molar-refractivity contribution in [3.05, 3.63) is 133 Å². The average molecular weight is 469 g/mol. The minimum absolute atomic E-state index is 0.0966. The van der Waals surface area contributed by atoms with Gasteiger partial charge in [0.05, 0.1) is 5.22 Å². The summed E-state index contributed by atoms with van der Waals surface area (Å²) in [5.74, 6) is -1.37. The molecule has 0 amide bonds. The molecule has 0 bridgehead atoms. The first-order chi connectivity index (χ1) is 17.5. The molecule has 36 heavy (non-hydrogen) atoms. The highest BCUT2D eigenvalue weighted by Crippen LogP contribution is 2.33. The minimum atomic E-state index is -0.913. The van der Waals surface area contributed by atoms with Crippen LogP contribution in [0.1, 0.15) is 27.6 Å². The van der Waals surface area contributed by atoms with E-state index in [0.717, 1.165) is 10.8 Å². The Hall–Kier alpha value is -4.70. The molecule has 0 aliphatic heterocycles. The monoisotopic (exact) mass is 468 g/mol. The van der Waals surface area contributed by atoms with E-state index in [0.29, 0.717) is 38.2 Å². The van der Waals surface area contributed by atoms with Gasteiger partial charge in [-0.15, -0.1) is 0 Å². The summed E-state index contributed by atoms with van der Waals surface area (Å²) in [7, 11) is 0. The van der Waals surface area contributed by atoms with Gasteiger partial charge >= 0.3 is 0 Å². The second-order valence-electron chi connectivity index (χ2n) is 9.13. The van der Waals surface area contributed by atoms with Crippen molar-refractivity contribution >= 4 is 50.0 Å². The molecule has 5 aromatic carbocycles. The Morgan fingerprint density at radius 1 is 0.667 bits per heavy atom. The van der Waals surface area contributed by atoms with Crippen LogP contribution in [0.2, 0.25) is 0 Å². The lowest BCUT2D eigenvalue weighted by Gasteiger charge is -2.20. The normalized spacial score (nSPS) is 14.5. The van der Waals surface area contributed by atoms with Crippen LogP contribution in [0.5, 0.6) is 0 Å². The first kappa shape index (κ1) is 21.8. The Bertz CT molecular complexity index is 1860. The number of carbonyl (C=O) groups excluding carboxylic acids is 2. The van der Waals surface area contributed by atoms with Gasteiger partial charge in [-0.2, -0.15) is 0 Å². The molecule has 0 saturated carbocycles. The van der Waals surface area contributed by atoms with Crippen molar-refractivity contribution in [2.24, 2.45) is 5.92 Å². The lowest BCUT2D eigenvalue weighted by atomic mass is 9.79. The maximum Gasteiger partial charge on any atom is 0.197 e. The van der Waals surface area contributed by atoms with Crippen LogP contribution in [0.4, 0.5) is 0 Å². The van der Waals surface area contributed by atoms with Gasteiger partial charge in [0, 0.05) is 32.7 Å². The van der Waals surface area contributed by atoms with Crippen LogP contribution in [-0.2, 0) is 0 Å². The second-order valence-corrected chi connectivity index (χ2v) is 9.13. The van der Waals surface area contributed by atoms with Gasteiger partial charge < -0.3 is 0 Å². The van der Waals surface area contributed by atoms with Gasteiger partial charge in [-0.05, 0) is 23.8 Å². The van der Waals surface area contributed by atoms with Gasteiger partial charge in [0.25, 0.3) is 0 Å². The highest BCUT2D eigenvalue weighted by molar-refractivity contribution is 6.30. The van der Waals surface area contributed by atoms with Gasteiger partial charge in [0.1, 0.15) is 5.92 Å². The molecular formula is C32H20O4. The van der Waals surface area contributed by atoms with Crippen molar-refractivity contribution in [2.45, 2.75) is 6.92 Å². The van der Waals surface area contributed by atoms with Crippen LogP contribution >= 0.6 is 0 Å². The first-order valence-corrected chi connectivity index (χ1v) is 11.7. The topological polar surface area (TPSA) is 68.3 Å². The summed E-state index contributed by atoms with van der Waals surface area (Å²) < 4.78 is 0. The molecular weight excluding hydrogens is 448 g/mol. The molecule has 0 N–H and O–H groups in total. The number of ketones is 2. The van der Waals surface area contributed by atoms with E-state index in [1.54, 1.807) is 49.4 Å². The molecule has 1 aliphatic rings. The van der Waals surface area contributed by atoms with Crippen LogP contribution in [0, 0.1) is 5.92 Å². The molecule has 0 unspecified atom stereocenters. The fourth-order valence-corrected chi connectivity index (χ4v) is 5.16. The summed E-state index contributed by atoms with van der Waals surface area (Å²) in [6.45, 7) is 1.80. The number of allylic oxidation sites excluding steroid dienone is 4. The van der Waals surface area contributed by atoms with Crippen LogP contribution in [-0.4, -0.2) is 11.6 Å². The van der Waals surface area contributed by atoms with E-state index in [4.69, 9.17) is 0 Å². The number of Topliss-reactive ketones (excluding diaryl/α,β-unsaturated/α-hetero) is 2. The first-order valence-electron chi connectivity index (χ1n) is 11.7. The van der Waals surface area contributed by atoms with E-state index in [-0.39, 0.29) is 27.6 Å². The summed E-state index contributed by atoms with van der Waals surface area (Å²) in [6.07, 6.45) is 6.49. The minimum Gasteiger partial charge on any atom is -0.293 e. The third kappa shape index (κ3) is 3.23. The molecule has 172 valence electrons. The van der Waals surface area contributed by atoms with Crippen molar-refractivity contribution in [3.63, 3.8) is 0 Å². The lowest BCUT2D eigenvalue weighted by molar-refractivity contribution is 0.0836. The largest absolute Gasteiger partial charge is 0.293 e. The molecule has 4 nitrogen and oxygen atoms in total. The standard InChI is InChI=1S/C32H20O4/c1-18(14-16-25-29(33)21-10-2-6-19-7-3-11-22(27(19)21)30(25)34)15-17-26-31(35)23-12-4-8-20-9-5-13-24(28(20)23)32(26)36/h2-17,25H,1H3. The predicted octanol–water partition coefficient (Wildman–Crippen LogP) is 5.00. The Morgan fingerprint density at radius 3 is 1.72 bits per heavy atom. The predicted molar refractivity (Wildman–Crippen MR) is 144 cm³/mol. The van der Waals surface area contributed by atoms with E-state index in [2.05, 4.69) is 0 Å². The SMILES string of the molecule is CC(C=CC1C(=O)c2cccc3cccc(c23)C1=O)=CC=c1c(=O)c2cccc3cccc(c1=O)c32. The third-order valence-electron chi connectivity index (χ3n) is 6.95. The Morgan fingerprint density at radius 2 is 1.17 bits per heavy atom. The summed E-state index contributed by atoms with van der Waals surface area (Å²) in [4.78, 5) is 52.5. The summed E-state index contributed by atoms with van der Waals surface area (Å²) in [6, 6.07) is 21.8. The number of rotatable bonds is 3. The number of hydrogen-bond donors (Lipinski definition) is 0. The highest BCUT2D eigenvalue weighted by Gasteiger charge is 2.33. The number of carbonyl (C=O) groups is 2. The molecule has 0 spiro atoms. The van der Waals surface area contributed by atoms with Gasteiger partial charge in [0.2, 0.25) is 0 Å². The van der Waals surface area contributed by atoms with E-state index in [9.17, 15) is 19.2 Å². The quantitative estimate of drug-likeness (QED) is 0.276. The van der Waals surface area contributed by atoms with Crippen molar-refractivity contribution in [3.8, 4) is 0 Å². The van der Waals surface area contributed by atoms with E-state index in [1.165, 1.54) is 6.08 Å². The lowest BCUT2D eigenvalue weighted by Crippen LogP contribution is -2.38. The molecule has 5 aromatic rings. The zero-order valence-corrected chi connectivity index (χ0v) is 19.4. The van der Waals surface area contributed by atoms with Crippen LogP contribution in [0.3, 0.4) is 0 Å². The maximum absolute atomic E-state index is 13.1. The highest BCUT2D eigenvalue weighted by atomic mass is 16.2. The van der Waals surface area contributed by atoms with Crippen molar-refractivity contribution < 1.29 is 9.59 Å². The Kier molecular flexibility index (Phi) is 4.97. The average Bonchev–Trinajstić information content (AvgIpc) is 2.90. The van der Waals surface area contributed by atoms with E-state index < -0.39 is 5.92 Å². The maximum atomic E-state index is 13.1. The number of hydrogen-bond acceptors (Lipinski definition) is 4. The third-order valence-corrected chi connectivity index (χ3v) is 6.95. The molecule has 1 aliphatic carbocycles. The fourth-order valence-electron chi connectivity index (χ4n) is 5.16. The molecule has 0 radical (unpaired) electrons. The molecule has 0 heterocycles. The molecule has 0 aromatic heterocycles. The molecule has 0 atom stereocenters. The Labute approximate surface area is 205 Å². The summed E-state index contributed by atoms with van der Waals surface area (Å²) >= 11 is 0. The van der Waals surface area contributed by atoms with E-state index in [1.807, 2.05) is 48.5 Å². The second kappa shape index (κ2) is 8.21. The summed E-state index contributed by atoms with van der Waals surface area (Å²) in [5.41, 5.74) is 1.19. The van der Waals surface area contributed by atoms with Crippen molar-refractivity contribution in [2.75, 3.05) is 0 Å².